The smallest absolute Gasteiger partial charge is 0.0668 e. The molecule has 0 aromatic rings. The van der Waals surface area contributed by atoms with Crippen LogP contribution in [0, 0.1) is 6.92 Å². The predicted octanol–water partition coefficient (Wildman–Crippen LogP) is 0.667. The average molecular weight is 142 g/mol. The molecule has 1 atom stereocenters. The van der Waals surface area contributed by atoms with Gasteiger partial charge in [-0.3, -0.25) is 0 Å². The van der Waals surface area contributed by atoms with Crippen molar-refractivity contribution in [1.82, 2.24) is 4.90 Å². The lowest BCUT2D eigenvalue weighted by Crippen LogP contribution is -2.35. The molecular weight excluding hydrogens is 126 g/mol. The van der Waals surface area contributed by atoms with E-state index in [1.165, 1.54) is 19.3 Å². The Kier molecular flexibility index (Phi) is 3.16. The SMILES string of the molecule is [CH2][C@H](O)CN1CCCCC1. The number of piperidine rings is 1. The van der Waals surface area contributed by atoms with Crippen molar-refractivity contribution in [2.75, 3.05) is 19.6 Å². The molecule has 1 saturated heterocycles. The summed E-state index contributed by atoms with van der Waals surface area (Å²) in [5.74, 6) is 0. The third-order valence-corrected chi connectivity index (χ3v) is 1.92. The van der Waals surface area contributed by atoms with Crippen LogP contribution in [0.15, 0.2) is 0 Å². The third kappa shape index (κ3) is 2.67. The predicted molar refractivity (Wildman–Crippen MR) is 41.7 cm³/mol. The number of aliphatic hydroxyl groups excluding tert-OH is 1. The monoisotopic (exact) mass is 142 g/mol. The van der Waals surface area contributed by atoms with E-state index in [2.05, 4.69) is 11.8 Å². The van der Waals surface area contributed by atoms with E-state index in [0.29, 0.717) is 0 Å². The van der Waals surface area contributed by atoms with Crippen LogP contribution >= 0.6 is 0 Å². The van der Waals surface area contributed by atoms with Gasteiger partial charge in [-0.2, -0.15) is 0 Å². The first-order chi connectivity index (χ1) is 4.79. The van der Waals surface area contributed by atoms with Gasteiger partial charge in [0.15, 0.2) is 0 Å². The van der Waals surface area contributed by atoms with Crippen LogP contribution in [0.25, 0.3) is 0 Å². The zero-order valence-electron chi connectivity index (χ0n) is 6.42. The molecule has 0 saturated carbocycles. The van der Waals surface area contributed by atoms with Gasteiger partial charge in [0.2, 0.25) is 0 Å². The maximum Gasteiger partial charge on any atom is 0.0668 e. The highest BCUT2D eigenvalue weighted by Gasteiger charge is 2.10. The first kappa shape index (κ1) is 8.02. The van der Waals surface area contributed by atoms with Gasteiger partial charge in [-0.25, -0.2) is 0 Å². The van der Waals surface area contributed by atoms with Crippen LogP contribution in [-0.4, -0.2) is 35.7 Å². The topological polar surface area (TPSA) is 23.5 Å². The molecule has 1 heterocycles. The molecule has 0 aromatic heterocycles. The van der Waals surface area contributed by atoms with Gasteiger partial charge in [0, 0.05) is 6.54 Å². The summed E-state index contributed by atoms with van der Waals surface area (Å²) in [5.41, 5.74) is 0. The Bertz CT molecular complexity index is 87.3. The summed E-state index contributed by atoms with van der Waals surface area (Å²) in [6.07, 6.45) is 3.52. The minimum absolute atomic E-state index is 0.405. The molecule has 0 aromatic carbocycles. The second-order valence-corrected chi connectivity index (χ2v) is 3.02. The second-order valence-electron chi connectivity index (χ2n) is 3.02. The Morgan fingerprint density at radius 3 is 2.40 bits per heavy atom. The number of likely N-dealkylation sites (tertiary alicyclic amines) is 1. The molecule has 59 valence electrons. The Labute approximate surface area is 62.8 Å². The van der Waals surface area contributed by atoms with Crippen molar-refractivity contribution >= 4 is 0 Å². The van der Waals surface area contributed by atoms with Gasteiger partial charge in [-0.05, 0) is 32.9 Å². The fourth-order valence-electron chi connectivity index (χ4n) is 1.44. The summed E-state index contributed by atoms with van der Waals surface area (Å²) < 4.78 is 0. The molecule has 0 amide bonds. The fourth-order valence-corrected chi connectivity index (χ4v) is 1.44. The highest BCUT2D eigenvalue weighted by molar-refractivity contribution is 4.69. The van der Waals surface area contributed by atoms with Crippen molar-refractivity contribution in [1.29, 1.82) is 0 Å². The summed E-state index contributed by atoms with van der Waals surface area (Å²) in [6.45, 7) is 6.59. The van der Waals surface area contributed by atoms with Gasteiger partial charge < -0.3 is 10.0 Å². The molecule has 1 rings (SSSR count). The Morgan fingerprint density at radius 1 is 1.30 bits per heavy atom. The molecular formula is C8H16NO. The first-order valence-corrected chi connectivity index (χ1v) is 4.02. The fraction of sp³-hybridized carbons (Fsp3) is 0.875. The van der Waals surface area contributed by atoms with Crippen molar-refractivity contribution in [3.8, 4) is 0 Å². The highest BCUT2D eigenvalue weighted by Crippen LogP contribution is 2.08. The van der Waals surface area contributed by atoms with E-state index in [9.17, 15) is 0 Å². The minimum Gasteiger partial charge on any atom is -0.392 e. The van der Waals surface area contributed by atoms with Gasteiger partial charge in [0.1, 0.15) is 0 Å². The molecule has 2 nitrogen and oxygen atoms in total. The third-order valence-electron chi connectivity index (χ3n) is 1.92. The lowest BCUT2D eigenvalue weighted by atomic mass is 10.1. The molecule has 0 spiro atoms. The molecule has 1 N–H and O–H groups in total. The molecule has 0 aliphatic carbocycles. The van der Waals surface area contributed by atoms with Crippen LogP contribution in [0.3, 0.4) is 0 Å². The lowest BCUT2D eigenvalue weighted by molar-refractivity contribution is 0.130. The number of nitrogens with zero attached hydrogens (tertiary/aromatic N) is 1. The maximum absolute atomic E-state index is 8.95. The molecule has 2 heteroatoms. The molecule has 1 aliphatic heterocycles. The van der Waals surface area contributed by atoms with Crippen LogP contribution in [-0.2, 0) is 0 Å². The Hall–Kier alpha value is -0.0800. The second kappa shape index (κ2) is 3.94. The largest absolute Gasteiger partial charge is 0.392 e. The summed E-state index contributed by atoms with van der Waals surface area (Å²) in [6, 6.07) is 0. The van der Waals surface area contributed by atoms with E-state index in [4.69, 9.17) is 5.11 Å². The Morgan fingerprint density at radius 2 is 1.90 bits per heavy atom. The van der Waals surface area contributed by atoms with Crippen LogP contribution in [0.2, 0.25) is 0 Å². The van der Waals surface area contributed by atoms with Crippen molar-refractivity contribution in [3.63, 3.8) is 0 Å². The number of hydrogen-bond donors (Lipinski definition) is 1. The zero-order valence-corrected chi connectivity index (χ0v) is 6.42. The lowest BCUT2D eigenvalue weighted by Gasteiger charge is -2.27. The molecule has 1 fully saturated rings. The van der Waals surface area contributed by atoms with Crippen molar-refractivity contribution in [2.24, 2.45) is 0 Å². The van der Waals surface area contributed by atoms with Crippen LogP contribution in [0.4, 0.5) is 0 Å². The average Bonchev–Trinajstić information content (AvgIpc) is 1.88. The van der Waals surface area contributed by atoms with E-state index in [1.807, 2.05) is 0 Å². The molecule has 1 radical (unpaired) electrons. The number of hydrogen-bond acceptors (Lipinski definition) is 2. The summed E-state index contributed by atoms with van der Waals surface area (Å²) in [7, 11) is 0. The van der Waals surface area contributed by atoms with Gasteiger partial charge in [-0.1, -0.05) is 6.42 Å². The highest BCUT2D eigenvalue weighted by atomic mass is 16.3. The van der Waals surface area contributed by atoms with Crippen molar-refractivity contribution < 1.29 is 5.11 Å². The molecule has 0 unspecified atom stereocenters. The van der Waals surface area contributed by atoms with Gasteiger partial charge in [-0.15, -0.1) is 0 Å². The van der Waals surface area contributed by atoms with Crippen molar-refractivity contribution in [3.05, 3.63) is 6.92 Å². The standard InChI is InChI=1S/C8H16NO/c1-8(10)7-9-5-3-2-4-6-9/h8,10H,1-7H2/t8-/m0/s1. The summed E-state index contributed by atoms with van der Waals surface area (Å²) in [4.78, 5) is 2.28. The zero-order chi connectivity index (χ0) is 7.40. The Balaban J connectivity index is 2.13. The van der Waals surface area contributed by atoms with Gasteiger partial charge in [0.05, 0.1) is 6.10 Å². The number of β-amino-alcohol motifs (C(OH)–C–C–N with tert-alkyl or cyclic N) is 1. The molecule has 1 aliphatic rings. The normalized spacial score (nSPS) is 24.6. The van der Waals surface area contributed by atoms with Gasteiger partial charge in [0.25, 0.3) is 0 Å². The van der Waals surface area contributed by atoms with Gasteiger partial charge >= 0.3 is 0 Å². The van der Waals surface area contributed by atoms with Crippen LogP contribution in [0.1, 0.15) is 19.3 Å². The van der Waals surface area contributed by atoms with Crippen LogP contribution in [0.5, 0.6) is 0 Å². The van der Waals surface area contributed by atoms with E-state index in [0.717, 1.165) is 19.6 Å². The summed E-state index contributed by atoms with van der Waals surface area (Å²) in [5, 5.41) is 8.95. The molecule has 0 bridgehead atoms. The molecule has 10 heavy (non-hydrogen) atoms. The van der Waals surface area contributed by atoms with Crippen LogP contribution < -0.4 is 0 Å². The summed E-state index contributed by atoms with van der Waals surface area (Å²) >= 11 is 0. The van der Waals surface area contributed by atoms with E-state index >= 15 is 0 Å². The number of rotatable bonds is 2. The van der Waals surface area contributed by atoms with E-state index in [-0.39, 0.29) is 0 Å². The maximum atomic E-state index is 8.95. The van der Waals surface area contributed by atoms with E-state index < -0.39 is 6.10 Å². The number of aliphatic hydroxyl groups is 1. The van der Waals surface area contributed by atoms with Crippen molar-refractivity contribution in [2.45, 2.75) is 25.4 Å². The first-order valence-electron chi connectivity index (χ1n) is 4.02. The van der Waals surface area contributed by atoms with E-state index in [1.54, 1.807) is 0 Å². The quantitative estimate of drug-likeness (QED) is 0.612. The minimum atomic E-state index is -0.405.